The molecule has 0 atom stereocenters. The van der Waals surface area contributed by atoms with E-state index in [1.807, 2.05) is 0 Å². The Morgan fingerprint density at radius 1 is 0.382 bits per heavy atom. The zero-order chi connectivity index (χ0) is 36.3. The molecule has 0 saturated carbocycles. The molecule has 0 amide bonds. The average Bonchev–Trinajstić information content (AvgIpc) is 3.80. The van der Waals surface area contributed by atoms with Crippen molar-refractivity contribution in [1.82, 2.24) is 4.57 Å². The molecule has 2 aromatic heterocycles. The third-order valence-electron chi connectivity index (χ3n) is 11.0. The van der Waals surface area contributed by atoms with Gasteiger partial charge in [0.25, 0.3) is 0 Å². The number of hydrogen-bond acceptors (Lipinski definition) is 2. The molecule has 55 heavy (non-hydrogen) atoms. The summed E-state index contributed by atoms with van der Waals surface area (Å²) in [5.41, 5.74) is 13.0. The van der Waals surface area contributed by atoms with E-state index in [0.29, 0.717) is 0 Å². The van der Waals surface area contributed by atoms with Gasteiger partial charge in [-0.15, -0.1) is 0 Å². The molecule has 0 aliphatic carbocycles. The van der Waals surface area contributed by atoms with Gasteiger partial charge >= 0.3 is 0 Å². The quantitative estimate of drug-likeness (QED) is 0.161. The van der Waals surface area contributed by atoms with E-state index in [1.165, 1.54) is 32.7 Å². The molecule has 3 nitrogen and oxygen atoms in total. The van der Waals surface area contributed by atoms with E-state index in [1.54, 1.807) is 0 Å². The van der Waals surface area contributed by atoms with Crippen LogP contribution in [-0.2, 0) is 0 Å². The van der Waals surface area contributed by atoms with Crippen LogP contribution in [0.4, 0.5) is 17.1 Å². The molecule has 2 heterocycles. The van der Waals surface area contributed by atoms with Gasteiger partial charge in [0.1, 0.15) is 11.1 Å². The molecule has 3 heteroatoms. The Hall–Kier alpha value is -7.36. The maximum Gasteiger partial charge on any atom is 0.161 e. The third kappa shape index (κ3) is 5.05. The van der Waals surface area contributed by atoms with Crippen LogP contribution in [0.5, 0.6) is 0 Å². The molecule has 0 radical (unpaired) electrons. The van der Waals surface area contributed by atoms with Gasteiger partial charge in [0.2, 0.25) is 0 Å². The molecule has 0 bridgehead atoms. The Balaban J connectivity index is 1.08. The van der Waals surface area contributed by atoms with Gasteiger partial charge in [-0.1, -0.05) is 146 Å². The molecule has 11 aromatic rings. The highest BCUT2D eigenvalue weighted by atomic mass is 16.3. The largest absolute Gasteiger partial charge is 0.453 e. The summed E-state index contributed by atoms with van der Waals surface area (Å²) >= 11 is 0. The molecular formula is C52H34N2O. The Labute approximate surface area is 318 Å². The number of fused-ring (bicyclic) bond motifs is 8. The van der Waals surface area contributed by atoms with Crippen molar-refractivity contribution >= 4 is 71.6 Å². The van der Waals surface area contributed by atoms with Crippen molar-refractivity contribution in [1.29, 1.82) is 0 Å². The number of benzene rings is 9. The second kappa shape index (κ2) is 12.6. The van der Waals surface area contributed by atoms with Crippen LogP contribution in [0.2, 0.25) is 0 Å². The number of anilines is 3. The van der Waals surface area contributed by atoms with Crippen LogP contribution >= 0.6 is 0 Å². The van der Waals surface area contributed by atoms with E-state index < -0.39 is 0 Å². The Kier molecular flexibility index (Phi) is 7.17. The fourth-order valence-corrected chi connectivity index (χ4v) is 8.43. The number of para-hydroxylation sites is 3. The lowest BCUT2D eigenvalue weighted by Gasteiger charge is -2.28. The first-order valence-corrected chi connectivity index (χ1v) is 18.8. The van der Waals surface area contributed by atoms with E-state index in [0.717, 1.165) is 66.8 Å². The first kappa shape index (κ1) is 31.2. The van der Waals surface area contributed by atoms with Crippen LogP contribution in [0.15, 0.2) is 211 Å². The zero-order valence-corrected chi connectivity index (χ0v) is 29.9. The summed E-state index contributed by atoms with van der Waals surface area (Å²) in [5.74, 6) is 0. The van der Waals surface area contributed by atoms with Crippen LogP contribution < -0.4 is 4.90 Å². The van der Waals surface area contributed by atoms with E-state index in [4.69, 9.17) is 4.42 Å². The van der Waals surface area contributed by atoms with Gasteiger partial charge in [-0.25, -0.2) is 0 Å². The lowest BCUT2D eigenvalue weighted by Crippen LogP contribution is -2.10. The van der Waals surface area contributed by atoms with Crippen molar-refractivity contribution in [2.24, 2.45) is 0 Å². The normalized spacial score (nSPS) is 11.6. The molecule has 258 valence electrons. The van der Waals surface area contributed by atoms with Gasteiger partial charge in [0, 0.05) is 38.8 Å². The van der Waals surface area contributed by atoms with Crippen molar-refractivity contribution in [2.45, 2.75) is 0 Å². The molecule has 0 aliphatic heterocycles. The van der Waals surface area contributed by atoms with Gasteiger partial charge in [-0.05, 0) is 93.5 Å². The Bertz CT molecular complexity index is 3180. The molecule has 0 fully saturated rings. The van der Waals surface area contributed by atoms with Crippen LogP contribution in [-0.4, -0.2) is 4.57 Å². The van der Waals surface area contributed by atoms with Crippen molar-refractivity contribution in [3.05, 3.63) is 206 Å². The number of furan rings is 1. The molecule has 0 unspecified atom stereocenters. The lowest BCUT2D eigenvalue weighted by atomic mass is 9.98. The second-order valence-corrected chi connectivity index (χ2v) is 14.1. The van der Waals surface area contributed by atoms with Crippen molar-refractivity contribution in [3.63, 3.8) is 0 Å². The molecular weight excluding hydrogens is 669 g/mol. The van der Waals surface area contributed by atoms with E-state index in [2.05, 4.69) is 216 Å². The fourth-order valence-electron chi connectivity index (χ4n) is 8.43. The van der Waals surface area contributed by atoms with Crippen LogP contribution in [0, 0.1) is 0 Å². The van der Waals surface area contributed by atoms with Gasteiger partial charge in [0.05, 0.1) is 11.2 Å². The zero-order valence-electron chi connectivity index (χ0n) is 29.9. The topological polar surface area (TPSA) is 21.3 Å². The predicted molar refractivity (Wildman–Crippen MR) is 231 cm³/mol. The minimum atomic E-state index is 0.893. The summed E-state index contributed by atoms with van der Waals surface area (Å²) < 4.78 is 9.21. The van der Waals surface area contributed by atoms with Gasteiger partial charge in [-0.3, -0.25) is 0 Å². The van der Waals surface area contributed by atoms with Crippen LogP contribution in [0.1, 0.15) is 0 Å². The summed E-state index contributed by atoms with van der Waals surface area (Å²) in [7, 11) is 0. The molecule has 0 N–H and O–H groups in total. The fraction of sp³-hybridized carbons (Fsp3) is 0. The van der Waals surface area contributed by atoms with Crippen LogP contribution in [0.3, 0.4) is 0 Å². The first-order valence-electron chi connectivity index (χ1n) is 18.8. The Morgan fingerprint density at radius 2 is 0.945 bits per heavy atom. The highest BCUT2D eigenvalue weighted by Gasteiger charge is 2.22. The Morgan fingerprint density at radius 3 is 1.69 bits per heavy atom. The van der Waals surface area contributed by atoms with E-state index >= 15 is 0 Å². The lowest BCUT2D eigenvalue weighted by molar-refractivity contribution is 0.674. The molecule has 9 aromatic carbocycles. The van der Waals surface area contributed by atoms with E-state index in [-0.39, 0.29) is 0 Å². The predicted octanol–water partition coefficient (Wildman–Crippen LogP) is 14.6. The maximum absolute atomic E-state index is 6.88. The number of hydrogen-bond donors (Lipinski definition) is 0. The highest BCUT2D eigenvalue weighted by Crippen LogP contribution is 2.45. The summed E-state index contributed by atoms with van der Waals surface area (Å²) in [4.78, 5) is 2.39. The summed E-state index contributed by atoms with van der Waals surface area (Å²) in [6.07, 6.45) is 0. The summed E-state index contributed by atoms with van der Waals surface area (Å²) in [6, 6.07) is 73.8. The van der Waals surface area contributed by atoms with Gasteiger partial charge in [0.15, 0.2) is 5.58 Å². The number of aromatic nitrogens is 1. The summed E-state index contributed by atoms with van der Waals surface area (Å²) in [6.45, 7) is 0. The van der Waals surface area contributed by atoms with Crippen molar-refractivity contribution in [2.75, 3.05) is 4.90 Å². The maximum atomic E-state index is 6.88. The standard InChI is InChI=1S/C52H34N2O/c1-3-14-35(15-4-1)36-26-30-40(31-27-36)53(49-34-38-16-7-8-19-42(38)44-20-9-10-21-45(44)49)41-32-28-37(29-33-41)43-23-13-24-47-50-52(55-51(43)47)46-22-11-12-25-48(46)54(50)39-17-5-2-6-18-39/h1-34H. The van der Waals surface area contributed by atoms with Crippen molar-refractivity contribution < 1.29 is 4.42 Å². The average molecular weight is 703 g/mol. The van der Waals surface area contributed by atoms with Gasteiger partial charge in [-0.2, -0.15) is 0 Å². The third-order valence-corrected chi connectivity index (χ3v) is 11.0. The van der Waals surface area contributed by atoms with Crippen LogP contribution in [0.25, 0.3) is 82.5 Å². The smallest absolute Gasteiger partial charge is 0.161 e. The SMILES string of the molecule is c1ccc(-c2ccc(N(c3ccc(-c4cccc5c4oc4c6ccccc6n(-c6ccccc6)c54)cc3)c3cc4ccccc4c4ccccc34)cc2)cc1. The van der Waals surface area contributed by atoms with Gasteiger partial charge < -0.3 is 13.9 Å². The minimum Gasteiger partial charge on any atom is -0.453 e. The number of nitrogens with zero attached hydrogens (tertiary/aromatic N) is 2. The summed E-state index contributed by atoms with van der Waals surface area (Å²) in [5, 5.41) is 7.11. The molecule has 11 rings (SSSR count). The molecule has 0 aliphatic rings. The monoisotopic (exact) mass is 702 g/mol. The molecule has 0 saturated heterocycles. The number of rotatable bonds is 6. The first-order chi connectivity index (χ1) is 27.3. The molecule has 0 spiro atoms. The minimum absolute atomic E-state index is 0.893. The van der Waals surface area contributed by atoms with Crippen molar-refractivity contribution in [3.8, 4) is 27.9 Å². The van der Waals surface area contributed by atoms with E-state index in [9.17, 15) is 0 Å². The second-order valence-electron chi connectivity index (χ2n) is 14.1. The highest BCUT2D eigenvalue weighted by molar-refractivity contribution is 6.19.